The number of benzene rings is 2. The van der Waals surface area contributed by atoms with Gasteiger partial charge in [0.2, 0.25) is 0 Å². The molecule has 1 atom stereocenters. The quantitative estimate of drug-likeness (QED) is 0.723. The van der Waals surface area contributed by atoms with Gasteiger partial charge in [-0.3, -0.25) is 0 Å². The van der Waals surface area contributed by atoms with E-state index >= 15 is 0 Å². The maximum atomic E-state index is 12.1. The molecule has 2 N–H and O–H groups in total. The molecule has 2 rings (SSSR count). The summed E-state index contributed by atoms with van der Waals surface area (Å²) < 4.78 is 5.21. The normalized spacial score (nSPS) is 12.9. The van der Waals surface area contributed by atoms with Crippen LogP contribution in [0.15, 0.2) is 60.7 Å². The maximum Gasteiger partial charge on any atom is 0.408 e. The smallest absolute Gasteiger partial charge is 0.408 e. The number of hydrogen-bond acceptors (Lipinski definition) is 4. The Kier molecular flexibility index (Phi) is 6.79. The summed E-state index contributed by atoms with van der Waals surface area (Å²) in [4.78, 5) is 24.0. The predicted molar refractivity (Wildman–Crippen MR) is 112 cm³/mol. The number of carbonyl (C=O) groups is 2. The number of aliphatic carboxylic acids is 1. The second-order valence-electron chi connectivity index (χ2n) is 7.13. The number of amides is 1. The van der Waals surface area contributed by atoms with Crippen LogP contribution < -0.4 is 15.9 Å². The molecule has 0 aliphatic heterocycles. The Morgan fingerprint density at radius 2 is 1.48 bits per heavy atom. The summed E-state index contributed by atoms with van der Waals surface area (Å²) in [6.45, 7) is 5.17. The predicted octanol–water partition coefficient (Wildman–Crippen LogP) is 3.09. The maximum absolute atomic E-state index is 12.1. The molecule has 144 valence electrons. The van der Waals surface area contributed by atoms with Crippen molar-refractivity contribution in [2.24, 2.45) is 0 Å². The number of hydrogen-bond donors (Lipinski definition) is 2. The molecule has 0 bridgehead atoms. The van der Waals surface area contributed by atoms with E-state index in [9.17, 15) is 14.7 Å². The SMILES string of the molecule is CC(C)(C)OC(=O)N[C@H](CP(=S)(c1ccccc1)c1ccccc1)C(=O)O. The van der Waals surface area contributed by atoms with E-state index in [0.717, 1.165) is 10.6 Å². The van der Waals surface area contributed by atoms with Gasteiger partial charge in [0, 0.05) is 12.2 Å². The fraction of sp³-hybridized carbons (Fsp3) is 0.300. The molecule has 0 spiro atoms. The fourth-order valence-electron chi connectivity index (χ4n) is 2.59. The van der Waals surface area contributed by atoms with Crippen LogP contribution >= 0.6 is 6.04 Å². The van der Waals surface area contributed by atoms with Crippen molar-refractivity contribution in [3.05, 3.63) is 60.7 Å². The van der Waals surface area contributed by atoms with E-state index in [0.29, 0.717) is 0 Å². The van der Waals surface area contributed by atoms with E-state index < -0.39 is 29.7 Å². The van der Waals surface area contributed by atoms with Crippen LogP contribution in [0.2, 0.25) is 0 Å². The topological polar surface area (TPSA) is 75.6 Å². The van der Waals surface area contributed by atoms with Crippen LogP contribution in [-0.2, 0) is 21.3 Å². The van der Waals surface area contributed by atoms with E-state index in [1.807, 2.05) is 60.7 Å². The van der Waals surface area contributed by atoms with Gasteiger partial charge in [0.05, 0.1) is 0 Å². The third kappa shape index (κ3) is 5.91. The summed E-state index contributed by atoms with van der Waals surface area (Å²) in [5.41, 5.74) is -0.716. The van der Waals surface area contributed by atoms with Gasteiger partial charge in [-0.25, -0.2) is 9.59 Å². The van der Waals surface area contributed by atoms with Crippen LogP contribution in [0.4, 0.5) is 4.79 Å². The molecule has 0 radical (unpaired) electrons. The van der Waals surface area contributed by atoms with Gasteiger partial charge >= 0.3 is 12.1 Å². The zero-order valence-corrected chi connectivity index (χ0v) is 17.3. The van der Waals surface area contributed by atoms with Crippen LogP contribution in [0, 0.1) is 0 Å². The highest BCUT2D eigenvalue weighted by Gasteiger charge is 2.32. The van der Waals surface area contributed by atoms with Gasteiger partial charge in [0.15, 0.2) is 0 Å². The third-order valence-electron chi connectivity index (χ3n) is 3.78. The largest absolute Gasteiger partial charge is 0.480 e. The Balaban J connectivity index is 2.37. The Morgan fingerprint density at radius 1 is 1.04 bits per heavy atom. The van der Waals surface area contributed by atoms with Crippen LogP contribution in [0.25, 0.3) is 0 Å². The van der Waals surface area contributed by atoms with Gasteiger partial charge in [0.25, 0.3) is 0 Å². The number of carboxylic acid groups (broad SMARTS) is 1. The first-order valence-electron chi connectivity index (χ1n) is 8.54. The molecular formula is C20H24NO4PS. The Morgan fingerprint density at radius 3 is 1.85 bits per heavy atom. The van der Waals surface area contributed by atoms with Crippen molar-refractivity contribution >= 4 is 40.5 Å². The van der Waals surface area contributed by atoms with E-state index in [-0.39, 0.29) is 6.16 Å². The van der Waals surface area contributed by atoms with Crippen molar-refractivity contribution in [3.8, 4) is 0 Å². The molecule has 0 aliphatic carbocycles. The highest BCUT2D eigenvalue weighted by atomic mass is 32.4. The molecule has 0 aliphatic rings. The highest BCUT2D eigenvalue weighted by molar-refractivity contribution is 8.22. The third-order valence-corrected chi connectivity index (χ3v) is 8.63. The molecule has 0 saturated heterocycles. The van der Waals surface area contributed by atoms with E-state index in [2.05, 4.69) is 5.32 Å². The summed E-state index contributed by atoms with van der Waals surface area (Å²) in [5.74, 6) is -1.14. The Labute approximate surface area is 164 Å². The second kappa shape index (κ2) is 8.68. The summed E-state index contributed by atoms with van der Waals surface area (Å²) in [6.07, 6.45) is -0.650. The van der Waals surface area contributed by atoms with Crippen molar-refractivity contribution in [3.63, 3.8) is 0 Å². The summed E-state index contributed by atoms with van der Waals surface area (Å²) in [5, 5.41) is 14.0. The molecule has 0 heterocycles. The van der Waals surface area contributed by atoms with Crippen LogP contribution in [0.5, 0.6) is 0 Å². The minimum absolute atomic E-state index is 0.116. The fourth-order valence-corrected chi connectivity index (χ4v) is 6.56. The zero-order chi connectivity index (χ0) is 20.1. The molecule has 2 aromatic carbocycles. The van der Waals surface area contributed by atoms with Gasteiger partial charge < -0.3 is 15.2 Å². The number of rotatable bonds is 6. The number of carbonyl (C=O) groups excluding carboxylic acids is 1. The molecule has 0 fully saturated rings. The van der Waals surface area contributed by atoms with Crippen molar-refractivity contribution in [1.82, 2.24) is 5.32 Å². The van der Waals surface area contributed by atoms with Crippen molar-refractivity contribution in [2.45, 2.75) is 32.4 Å². The van der Waals surface area contributed by atoms with Gasteiger partial charge in [0.1, 0.15) is 11.6 Å². The average molecular weight is 405 g/mol. The number of nitrogens with one attached hydrogen (secondary N) is 1. The molecule has 2 aromatic rings. The van der Waals surface area contributed by atoms with Crippen LogP contribution in [-0.4, -0.2) is 35.0 Å². The van der Waals surface area contributed by atoms with Gasteiger partial charge in [-0.05, 0) is 31.4 Å². The monoisotopic (exact) mass is 405 g/mol. The van der Waals surface area contributed by atoms with Gasteiger partial charge in [-0.1, -0.05) is 72.5 Å². The molecule has 27 heavy (non-hydrogen) atoms. The standard InChI is InChI=1S/C20H24NO4PS/c1-20(2,3)25-19(24)21-17(18(22)23)14-26(27,15-10-6-4-7-11-15)16-12-8-5-9-13-16/h4-13,17H,14H2,1-3H3,(H,21,24)(H,22,23)/t17-/m1/s1. The highest BCUT2D eigenvalue weighted by Crippen LogP contribution is 2.44. The summed E-state index contributed by atoms with van der Waals surface area (Å²) in [7, 11) is 0. The van der Waals surface area contributed by atoms with E-state index in [1.54, 1.807) is 20.8 Å². The number of carboxylic acids is 1. The second-order valence-corrected chi connectivity index (χ2v) is 11.9. The van der Waals surface area contributed by atoms with Crippen LogP contribution in [0.3, 0.4) is 0 Å². The molecule has 1 amide bonds. The first kappa shape index (κ1) is 21.1. The lowest BCUT2D eigenvalue weighted by atomic mass is 10.2. The number of ether oxygens (including phenoxy) is 1. The zero-order valence-electron chi connectivity index (χ0n) is 15.6. The minimum atomic E-state index is -2.46. The Bertz CT molecular complexity index is 791. The molecule has 7 heteroatoms. The van der Waals surface area contributed by atoms with Gasteiger partial charge in [-0.15, -0.1) is 0 Å². The van der Waals surface area contributed by atoms with Crippen LogP contribution in [0.1, 0.15) is 20.8 Å². The van der Waals surface area contributed by atoms with Gasteiger partial charge in [-0.2, -0.15) is 0 Å². The van der Waals surface area contributed by atoms with E-state index in [1.165, 1.54) is 0 Å². The Hall–Kier alpha value is -2.17. The summed E-state index contributed by atoms with van der Waals surface area (Å²) >= 11 is 6.05. The molecule has 0 aromatic heterocycles. The van der Waals surface area contributed by atoms with E-state index in [4.69, 9.17) is 16.5 Å². The van der Waals surface area contributed by atoms with Crippen molar-refractivity contribution in [2.75, 3.05) is 6.16 Å². The minimum Gasteiger partial charge on any atom is -0.480 e. The van der Waals surface area contributed by atoms with Crippen molar-refractivity contribution < 1.29 is 19.4 Å². The molecule has 5 nitrogen and oxygen atoms in total. The number of alkyl carbamates (subject to hydrolysis) is 1. The molecular weight excluding hydrogens is 381 g/mol. The van der Waals surface area contributed by atoms with Crippen molar-refractivity contribution in [1.29, 1.82) is 0 Å². The lowest BCUT2D eigenvalue weighted by Gasteiger charge is -2.28. The molecule has 0 saturated carbocycles. The first-order chi connectivity index (χ1) is 12.6. The first-order valence-corrected chi connectivity index (χ1v) is 11.5. The molecule has 0 unspecified atom stereocenters. The lowest BCUT2D eigenvalue weighted by Crippen LogP contribution is -2.46. The average Bonchev–Trinajstić information content (AvgIpc) is 2.61. The summed E-state index contributed by atoms with van der Waals surface area (Å²) in [6, 6.07) is 15.4. The lowest BCUT2D eigenvalue weighted by molar-refractivity contribution is -0.138.